The number of carbonyl (C=O) groups excluding carboxylic acids is 1. The molecule has 0 unspecified atom stereocenters. The van der Waals surface area contributed by atoms with Crippen LogP contribution in [0.2, 0.25) is 18.1 Å². The summed E-state index contributed by atoms with van der Waals surface area (Å²) in [7, 11) is -0.321. The molecule has 1 aliphatic heterocycles. The molecule has 188 valence electrons. The molecule has 1 heterocycles. The van der Waals surface area contributed by atoms with E-state index in [2.05, 4.69) is 46.0 Å². The van der Waals surface area contributed by atoms with Gasteiger partial charge in [-0.1, -0.05) is 81.1 Å². The molecule has 0 saturated carbocycles. The largest absolute Gasteiger partial charge is 0.485 e. The molecule has 2 aromatic carbocycles. The molecule has 0 N–H and O–H groups in total. The van der Waals surface area contributed by atoms with Gasteiger partial charge in [0.25, 0.3) is 0 Å². The minimum Gasteiger partial charge on any atom is -0.485 e. The molecule has 1 aliphatic rings. The van der Waals surface area contributed by atoms with Crippen molar-refractivity contribution in [3.8, 4) is 0 Å². The monoisotopic (exact) mass is 527 g/mol. The van der Waals surface area contributed by atoms with Gasteiger partial charge in [-0.25, -0.2) is 0 Å². The molecule has 1 fully saturated rings. The zero-order chi connectivity index (χ0) is 25.8. The number of β-lactam (4-membered cyclic amide) rings is 1. The van der Waals surface area contributed by atoms with Crippen LogP contribution in [-0.4, -0.2) is 43.3 Å². The van der Waals surface area contributed by atoms with Gasteiger partial charge in [0, 0.05) is 11.5 Å². The quantitative estimate of drug-likeness (QED) is 0.147. The molecule has 1 amide bonds. The third kappa shape index (κ3) is 6.26. The summed E-state index contributed by atoms with van der Waals surface area (Å²) >= 11 is 7.31. The van der Waals surface area contributed by atoms with Crippen molar-refractivity contribution >= 4 is 48.8 Å². The number of benzene rings is 2. The van der Waals surface area contributed by atoms with Crippen molar-refractivity contribution in [2.45, 2.75) is 62.5 Å². The molecule has 35 heavy (non-hydrogen) atoms. The highest BCUT2D eigenvalue weighted by atomic mass is 32.2. The van der Waals surface area contributed by atoms with Gasteiger partial charge < -0.3 is 9.16 Å². The van der Waals surface area contributed by atoms with Gasteiger partial charge in [-0.15, -0.1) is 0 Å². The maximum absolute atomic E-state index is 13.6. The van der Waals surface area contributed by atoms with Crippen molar-refractivity contribution in [3.05, 3.63) is 71.9 Å². The van der Waals surface area contributed by atoms with E-state index in [4.69, 9.17) is 21.4 Å². The Bertz CT molecular complexity index is 1060. The van der Waals surface area contributed by atoms with Crippen LogP contribution in [0.25, 0.3) is 5.57 Å². The number of methoxy groups -OCH3 is 1. The summed E-state index contributed by atoms with van der Waals surface area (Å²) < 4.78 is 11.9. The highest BCUT2D eigenvalue weighted by Crippen LogP contribution is 2.45. The number of thioether (sulfide) groups is 1. The number of allylic oxidation sites excluding steroid dienone is 1. The number of amides is 1. The van der Waals surface area contributed by atoms with Crippen LogP contribution in [0.4, 0.5) is 0 Å². The second-order valence-electron chi connectivity index (χ2n) is 10.4. The lowest BCUT2D eigenvalue weighted by atomic mass is 9.92. The standard InChI is InChI=1S/C28H37NO3S2Si/c1-20(21-14-10-8-11-15-21)24(27(33)31-5)29-25(30)23(18-19-32-35(6,7)28(2,3)4)26(29)34-22-16-12-9-13-17-22/h8-17,23,26H,18-19H2,1-7H3/b24-20+/t23-,26+/m0/s1. The minimum atomic E-state index is -1.88. The van der Waals surface area contributed by atoms with Crippen molar-refractivity contribution in [2.75, 3.05) is 13.7 Å². The van der Waals surface area contributed by atoms with Gasteiger partial charge in [-0.2, -0.15) is 0 Å². The van der Waals surface area contributed by atoms with Crippen LogP contribution in [0.5, 0.6) is 0 Å². The van der Waals surface area contributed by atoms with Gasteiger partial charge in [0.1, 0.15) is 5.70 Å². The van der Waals surface area contributed by atoms with Crippen LogP contribution in [0, 0.1) is 5.92 Å². The van der Waals surface area contributed by atoms with Crippen LogP contribution in [0.1, 0.15) is 39.7 Å². The summed E-state index contributed by atoms with van der Waals surface area (Å²) in [5, 5.41) is 0.373. The van der Waals surface area contributed by atoms with E-state index in [1.807, 2.05) is 60.4 Å². The number of carbonyl (C=O) groups is 1. The predicted molar refractivity (Wildman–Crippen MR) is 153 cm³/mol. The maximum atomic E-state index is 13.6. The summed E-state index contributed by atoms with van der Waals surface area (Å²) in [6, 6.07) is 20.2. The Morgan fingerprint density at radius 3 is 2.17 bits per heavy atom. The third-order valence-electron chi connectivity index (χ3n) is 7.03. The van der Waals surface area contributed by atoms with Crippen LogP contribution >= 0.6 is 24.0 Å². The lowest BCUT2D eigenvalue weighted by Gasteiger charge is -2.48. The Hall–Kier alpha value is -1.93. The Balaban J connectivity index is 1.92. The van der Waals surface area contributed by atoms with E-state index in [0.717, 1.165) is 16.0 Å². The highest BCUT2D eigenvalue weighted by molar-refractivity contribution is 8.00. The number of hydrogen-bond acceptors (Lipinski definition) is 5. The molecular weight excluding hydrogens is 491 g/mol. The zero-order valence-corrected chi connectivity index (χ0v) is 24.5. The first-order valence-electron chi connectivity index (χ1n) is 12.0. The van der Waals surface area contributed by atoms with Gasteiger partial charge in [0.15, 0.2) is 8.32 Å². The first kappa shape index (κ1) is 27.7. The molecule has 0 aromatic heterocycles. The van der Waals surface area contributed by atoms with E-state index < -0.39 is 8.32 Å². The van der Waals surface area contributed by atoms with Crippen molar-refractivity contribution in [1.29, 1.82) is 0 Å². The van der Waals surface area contributed by atoms with E-state index >= 15 is 0 Å². The van der Waals surface area contributed by atoms with Crippen LogP contribution in [0.15, 0.2) is 71.3 Å². The molecule has 1 saturated heterocycles. The SMILES string of the molecule is COC(=S)/C(=C(/C)c1ccccc1)N1C(=O)[C@H](CCO[Si](C)(C)C(C)(C)C)[C@H]1Sc1ccccc1. The Labute approximate surface area is 221 Å². The van der Waals surface area contributed by atoms with Gasteiger partial charge in [-0.3, -0.25) is 9.69 Å². The van der Waals surface area contributed by atoms with Gasteiger partial charge in [0.05, 0.1) is 18.4 Å². The normalized spacial score (nSPS) is 19.2. The second-order valence-corrected chi connectivity index (χ2v) is 16.7. The van der Waals surface area contributed by atoms with E-state index in [1.165, 1.54) is 0 Å². The summed E-state index contributed by atoms with van der Waals surface area (Å²) in [5.41, 5.74) is 2.62. The van der Waals surface area contributed by atoms with Crippen molar-refractivity contribution < 1.29 is 14.0 Å². The minimum absolute atomic E-state index is 0.0712. The molecule has 7 heteroatoms. The van der Waals surface area contributed by atoms with Crippen molar-refractivity contribution in [2.24, 2.45) is 5.92 Å². The lowest BCUT2D eigenvalue weighted by molar-refractivity contribution is -0.147. The first-order chi connectivity index (χ1) is 16.5. The Kier molecular flexibility index (Phi) is 9.02. The number of rotatable bonds is 9. The lowest BCUT2D eigenvalue weighted by Crippen LogP contribution is -2.60. The topological polar surface area (TPSA) is 38.8 Å². The average Bonchev–Trinajstić information content (AvgIpc) is 2.84. The van der Waals surface area contributed by atoms with Crippen molar-refractivity contribution in [1.82, 2.24) is 4.90 Å². The molecule has 0 radical (unpaired) electrons. The summed E-state index contributed by atoms with van der Waals surface area (Å²) in [6.07, 6.45) is 0.684. The summed E-state index contributed by atoms with van der Waals surface area (Å²) in [4.78, 5) is 16.6. The van der Waals surface area contributed by atoms with E-state index in [9.17, 15) is 4.79 Å². The molecule has 2 aromatic rings. The predicted octanol–water partition coefficient (Wildman–Crippen LogP) is 7.38. The number of nitrogens with zero attached hydrogens (tertiary/aromatic N) is 1. The molecule has 0 spiro atoms. The fraction of sp³-hybridized carbons (Fsp3) is 0.429. The van der Waals surface area contributed by atoms with Gasteiger partial charge in [0.2, 0.25) is 11.0 Å². The number of ether oxygens (including phenoxy) is 1. The fourth-order valence-corrected chi connectivity index (χ4v) is 6.45. The molecule has 0 aliphatic carbocycles. The molecule has 0 bridgehead atoms. The number of hydrogen-bond donors (Lipinski definition) is 0. The first-order valence-corrected chi connectivity index (χ1v) is 16.2. The third-order valence-corrected chi connectivity index (χ3v) is 13.3. The molecule has 2 atom stereocenters. The Morgan fingerprint density at radius 1 is 1.06 bits per heavy atom. The second kappa shape index (κ2) is 11.4. The summed E-state index contributed by atoms with van der Waals surface area (Å²) in [5.74, 6) is -0.0786. The Morgan fingerprint density at radius 2 is 1.63 bits per heavy atom. The smallest absolute Gasteiger partial charge is 0.234 e. The number of likely N-dealkylation sites (tertiary alicyclic amines) is 1. The summed E-state index contributed by atoms with van der Waals surface area (Å²) in [6.45, 7) is 13.8. The van der Waals surface area contributed by atoms with Crippen LogP contribution < -0.4 is 0 Å². The fourth-order valence-electron chi connectivity index (χ4n) is 3.81. The van der Waals surface area contributed by atoms with Crippen LogP contribution in [-0.2, 0) is 14.0 Å². The number of thiocarbonyl (C=S) groups is 1. The van der Waals surface area contributed by atoms with Gasteiger partial charge >= 0.3 is 0 Å². The van der Waals surface area contributed by atoms with E-state index in [-0.39, 0.29) is 22.2 Å². The zero-order valence-electron chi connectivity index (χ0n) is 21.8. The van der Waals surface area contributed by atoms with E-state index in [0.29, 0.717) is 23.8 Å². The average molecular weight is 528 g/mol. The molecule has 4 nitrogen and oxygen atoms in total. The maximum Gasteiger partial charge on any atom is 0.234 e. The molecule has 3 rings (SSSR count). The molecular formula is C28H37NO3S2Si. The van der Waals surface area contributed by atoms with E-state index in [1.54, 1.807) is 18.9 Å². The van der Waals surface area contributed by atoms with Gasteiger partial charge in [-0.05, 0) is 67.0 Å². The highest BCUT2D eigenvalue weighted by Gasteiger charge is 2.51. The van der Waals surface area contributed by atoms with Crippen molar-refractivity contribution in [3.63, 3.8) is 0 Å². The van der Waals surface area contributed by atoms with Crippen LogP contribution in [0.3, 0.4) is 0 Å².